The maximum Gasteiger partial charge on any atom is 0.328 e. The molecule has 0 bridgehead atoms. The molecule has 92 heavy (non-hydrogen) atoms. The maximum atomic E-state index is 14.2. The Bertz CT molecular complexity index is 4010. The van der Waals surface area contributed by atoms with Gasteiger partial charge in [0.05, 0.1) is 46.7 Å². The molecule has 11 nitrogen and oxygen atoms in total. The third-order valence-electron chi connectivity index (χ3n) is 13.4. The van der Waals surface area contributed by atoms with Crippen molar-refractivity contribution in [3.63, 3.8) is 0 Å². The van der Waals surface area contributed by atoms with Crippen molar-refractivity contribution in [1.82, 2.24) is 49.9 Å². The Balaban J connectivity index is 0.000000183. The number of alkyl halides is 2. The summed E-state index contributed by atoms with van der Waals surface area (Å²) in [5.74, 6) is -8.63. The maximum absolute atomic E-state index is 14.2. The minimum atomic E-state index is -3.54. The van der Waals surface area contributed by atoms with Crippen LogP contribution in [0.2, 0.25) is 5.02 Å². The number of nitrogens with zero attached hydrogens (tertiary/aromatic N) is 10. The highest BCUT2D eigenvalue weighted by Gasteiger charge is 2.41. The van der Waals surface area contributed by atoms with Crippen molar-refractivity contribution in [2.45, 2.75) is 144 Å². The zero-order valence-corrected chi connectivity index (χ0v) is 55.4. The number of aryl methyl sites for hydroxylation is 1. The van der Waals surface area contributed by atoms with Crippen LogP contribution in [0.5, 0.6) is 0 Å². The molecule has 0 N–H and O–H groups in total. The van der Waals surface area contributed by atoms with Crippen LogP contribution < -0.4 is 0 Å². The van der Waals surface area contributed by atoms with E-state index in [4.69, 9.17) is 16.3 Å². The van der Waals surface area contributed by atoms with Gasteiger partial charge in [-0.15, -0.1) is 48.2 Å². The monoisotopic (exact) mass is 1360 g/mol. The molecule has 5 aromatic heterocycles. The van der Waals surface area contributed by atoms with Crippen molar-refractivity contribution in [3.05, 3.63) is 241 Å². The third-order valence-corrected chi connectivity index (χ3v) is 17.5. The van der Waals surface area contributed by atoms with Gasteiger partial charge in [-0.3, -0.25) is 0 Å². The van der Waals surface area contributed by atoms with E-state index in [0.29, 0.717) is 69.2 Å². The molecule has 5 heterocycles. The van der Waals surface area contributed by atoms with Crippen LogP contribution in [0, 0.1) is 65.1 Å². The van der Waals surface area contributed by atoms with Crippen LogP contribution in [-0.4, -0.2) is 57.0 Å². The van der Waals surface area contributed by atoms with Gasteiger partial charge in [0, 0.05) is 108 Å². The first-order valence-corrected chi connectivity index (χ1v) is 31.5. The van der Waals surface area contributed by atoms with E-state index in [9.17, 15) is 52.7 Å². The molecule has 0 aliphatic heterocycles. The van der Waals surface area contributed by atoms with E-state index in [2.05, 4.69) is 54.5 Å². The molecule has 5 aromatic carbocycles. The first-order chi connectivity index (χ1) is 43.3. The van der Waals surface area contributed by atoms with Crippen molar-refractivity contribution in [2.75, 3.05) is 7.11 Å². The molecule has 0 saturated heterocycles. The second-order valence-electron chi connectivity index (χ2n) is 22.4. The summed E-state index contributed by atoms with van der Waals surface area (Å²) in [6.45, 7) is 22.6. The highest BCUT2D eigenvalue weighted by Crippen LogP contribution is 2.41. The number of aromatic nitrogens is 10. The molecule has 492 valence electrons. The first kappa shape index (κ1) is 73.7. The Morgan fingerprint density at radius 1 is 0.533 bits per heavy atom. The zero-order valence-electron chi connectivity index (χ0n) is 52.2. The first-order valence-electron chi connectivity index (χ1n) is 28.7. The number of halogens is 13. The molecule has 10 rings (SSSR count). The normalized spacial score (nSPS) is 11.4. The number of rotatable bonds is 17. The van der Waals surface area contributed by atoms with Crippen molar-refractivity contribution in [2.24, 2.45) is 0 Å². The van der Waals surface area contributed by atoms with Crippen LogP contribution in [-0.2, 0) is 43.2 Å². The van der Waals surface area contributed by atoms with Crippen LogP contribution in [0.3, 0.4) is 0 Å². The van der Waals surface area contributed by atoms with Gasteiger partial charge >= 0.3 is 5.92 Å². The van der Waals surface area contributed by atoms with Crippen LogP contribution in [0.25, 0.3) is 0 Å². The second kappa shape index (κ2) is 33.4. The third kappa shape index (κ3) is 20.6. The van der Waals surface area contributed by atoms with E-state index in [1.807, 2.05) is 73.1 Å². The molecule has 0 amide bonds. The lowest BCUT2D eigenvalue weighted by atomic mass is 10.0. The number of imidazole rings is 1. The lowest BCUT2D eigenvalue weighted by molar-refractivity contribution is 0.0379. The predicted octanol–water partition coefficient (Wildman–Crippen LogP) is 18.9. The lowest BCUT2D eigenvalue weighted by Gasteiger charge is -2.14. The van der Waals surface area contributed by atoms with Gasteiger partial charge in [-0.2, -0.15) is 8.78 Å². The van der Waals surface area contributed by atoms with E-state index < -0.39 is 74.7 Å². The molecule has 0 radical (unpaired) electrons. The van der Waals surface area contributed by atoms with Gasteiger partial charge in [-0.25, -0.2) is 58.6 Å². The lowest BCUT2D eigenvalue weighted by Crippen LogP contribution is -2.17. The summed E-state index contributed by atoms with van der Waals surface area (Å²) in [5, 5.41) is 25.0. The van der Waals surface area contributed by atoms with Crippen molar-refractivity contribution in [3.8, 4) is 0 Å². The van der Waals surface area contributed by atoms with Gasteiger partial charge in [0.15, 0.2) is 10.8 Å². The Morgan fingerprint density at radius 2 is 1.08 bits per heavy atom. The number of hydrogen-bond acceptors (Lipinski definition) is 12. The van der Waals surface area contributed by atoms with Gasteiger partial charge in [0.25, 0.3) is 0 Å². The highest BCUT2D eigenvalue weighted by atomic mass is 35.5. The topological polar surface area (TPSA) is 122 Å². The fourth-order valence-corrected chi connectivity index (χ4v) is 11.0. The molecule has 0 atom stereocenters. The summed E-state index contributed by atoms with van der Waals surface area (Å²) < 4.78 is 170. The van der Waals surface area contributed by atoms with Crippen molar-refractivity contribution in [1.29, 1.82) is 0 Å². The molecule has 0 spiro atoms. The van der Waals surface area contributed by atoms with Crippen molar-refractivity contribution >= 4 is 45.6 Å². The number of methoxy groups -OCH3 is 1. The predicted molar refractivity (Wildman–Crippen MR) is 334 cm³/mol. The summed E-state index contributed by atoms with van der Waals surface area (Å²) in [4.78, 5) is 9.61. The number of hydrogen-bond donors (Lipinski definition) is 0. The van der Waals surface area contributed by atoms with Gasteiger partial charge < -0.3 is 9.30 Å². The minimum Gasteiger partial charge on any atom is -0.380 e. The van der Waals surface area contributed by atoms with E-state index in [1.54, 1.807) is 17.1 Å². The average molecular weight is 1360 g/mol. The largest absolute Gasteiger partial charge is 0.380 e. The van der Waals surface area contributed by atoms with Gasteiger partial charge in [-0.05, 0) is 60.6 Å². The quantitative estimate of drug-likeness (QED) is 0.0820. The van der Waals surface area contributed by atoms with Crippen molar-refractivity contribution < 1.29 is 57.4 Å². The number of ether oxygens (including phenoxy) is 1. The van der Waals surface area contributed by atoms with Gasteiger partial charge in [-0.1, -0.05) is 116 Å². The molecular weight excluding hydrogens is 1300 g/mol. The van der Waals surface area contributed by atoms with Crippen LogP contribution in [0.1, 0.15) is 179 Å². The summed E-state index contributed by atoms with van der Waals surface area (Å²) in [6.07, 6.45) is 5.75. The highest BCUT2D eigenvalue weighted by molar-refractivity contribution is 7.12. The summed E-state index contributed by atoms with van der Waals surface area (Å²) in [6, 6.07) is 14.2. The fourth-order valence-electron chi connectivity index (χ4n) is 8.17. The Labute approximate surface area is 542 Å². The van der Waals surface area contributed by atoms with Crippen LogP contribution in [0.4, 0.5) is 52.7 Å². The standard InChI is InChI=1S/C14H16F2N2OS.C14H16F2N2.C13H12F3NS.C12H10ClF3N2S.C12H13F2N3/c1-8(2)14-18-17-13(20-14)6-11-9(7-19-3)4-10(15)5-12(11)16;1-9(2)14-8-18(10(3)17-14)7-11-4-5-12(15)6-13(11)16;1-7(2)12-6-17-13(18-12)5-9-10(15)3-8(14)4-11(9)16;1-6(2)10-17-18-11(19-10)12(15,16)7-4-3-5-8(13)9(7)14;1-8(2)12-7-17(16-15-12)6-9-3-4-10(13)5-11(9)14/h4-5,8H,6-7H2,1-3H3;4-6,8-9H,7H2,1-3H3;3-4,6-7H,5H2,1-2H3;3-6H,1-2H3;3-5,7-8H,6H2,1-2H3. The minimum absolute atomic E-state index is 0.00809. The Morgan fingerprint density at radius 3 is 1.59 bits per heavy atom. The molecule has 27 heteroatoms. The number of benzene rings is 5. The SMILES string of the molecule is CC(C)c1cn(Cc2ccc(F)cc2F)nn1.CC(C)c1cnc(Cc2c(F)cc(F)cc2F)s1.CC(C)c1nnc(C(F)(F)c2cccc(Cl)c2F)s1.COCc1cc(F)cc(F)c1Cc1nnc(C(C)C)s1.Cc1nc(C(C)C)cn1Cc1ccc(F)cc1F. The smallest absolute Gasteiger partial charge is 0.328 e. The van der Waals surface area contributed by atoms with E-state index in [-0.39, 0.29) is 47.9 Å². The summed E-state index contributed by atoms with van der Waals surface area (Å²) in [5.41, 5.74) is 2.69. The molecule has 0 aliphatic rings. The van der Waals surface area contributed by atoms with Crippen LogP contribution >= 0.6 is 45.6 Å². The Kier molecular flexibility index (Phi) is 26.8. The Hall–Kier alpha value is -7.39. The number of thiazole rings is 1. The summed E-state index contributed by atoms with van der Waals surface area (Å²) in [7, 11) is 1.49. The second-order valence-corrected chi connectivity index (χ2v) is 26.1. The fraction of sp³-hybridized carbons (Fsp3) is 0.354. The molecule has 10 aromatic rings. The molecule has 0 aliphatic carbocycles. The van der Waals surface area contributed by atoms with E-state index in [0.717, 1.165) is 67.7 Å². The summed E-state index contributed by atoms with van der Waals surface area (Å²) >= 11 is 9.17. The zero-order chi connectivity index (χ0) is 67.9. The average Bonchev–Trinajstić information content (AvgIpc) is 1.48. The molecule has 0 fully saturated rings. The molecule has 0 saturated carbocycles. The van der Waals surface area contributed by atoms with Gasteiger partial charge in [0.2, 0.25) is 0 Å². The molecule has 0 unspecified atom stereocenters. The molecular formula is C65H67ClF12N10OS3. The van der Waals surface area contributed by atoms with Crippen LogP contribution in [0.15, 0.2) is 97.5 Å². The van der Waals surface area contributed by atoms with E-state index in [1.165, 1.54) is 72.2 Å². The van der Waals surface area contributed by atoms with Gasteiger partial charge in [0.1, 0.15) is 73.2 Å². The van der Waals surface area contributed by atoms with E-state index >= 15 is 0 Å².